The van der Waals surface area contributed by atoms with Crippen molar-refractivity contribution >= 4 is 0 Å². The average Bonchev–Trinajstić information content (AvgIpc) is 2.41. The van der Waals surface area contributed by atoms with Gasteiger partial charge in [0.2, 0.25) is 0 Å². The van der Waals surface area contributed by atoms with Gasteiger partial charge in [0.05, 0.1) is 13.2 Å². The maximum absolute atomic E-state index is 8.53. The molecular weight excluding hydrogens is 224 g/mol. The van der Waals surface area contributed by atoms with Gasteiger partial charge in [-0.25, -0.2) is 0 Å². The monoisotopic (exact) mass is 238 g/mol. The molecule has 18 heavy (non-hydrogen) atoms. The van der Waals surface area contributed by atoms with Crippen molar-refractivity contribution in [2.45, 2.75) is 0 Å². The Kier molecular flexibility index (Phi) is 6.78. The molecule has 1 aromatic rings. The van der Waals surface area contributed by atoms with Gasteiger partial charge in [-0.05, 0) is 36.4 Å². The molecule has 2 N–H and O–H groups in total. The van der Waals surface area contributed by atoms with E-state index in [4.69, 9.17) is 10.2 Å². The van der Waals surface area contributed by atoms with E-state index in [1.165, 1.54) is 0 Å². The van der Waals surface area contributed by atoms with Crippen LogP contribution in [0.3, 0.4) is 0 Å². The minimum atomic E-state index is 0.00453. The summed E-state index contributed by atoms with van der Waals surface area (Å²) in [5, 5.41) is 17.1. The SMILES string of the molecule is OCC=CC#Cc1ccc(C#CC=CCO)cc1. The first-order chi connectivity index (χ1) is 8.86. The van der Waals surface area contributed by atoms with Crippen molar-refractivity contribution in [3.63, 3.8) is 0 Å². The molecule has 1 rings (SSSR count). The number of allylic oxidation sites excluding steroid dienone is 2. The van der Waals surface area contributed by atoms with E-state index in [0.29, 0.717) is 0 Å². The van der Waals surface area contributed by atoms with Gasteiger partial charge in [0.25, 0.3) is 0 Å². The van der Waals surface area contributed by atoms with E-state index in [2.05, 4.69) is 23.7 Å². The Hall–Kier alpha value is -2.26. The smallest absolute Gasteiger partial charge is 0.0621 e. The number of aliphatic hydroxyl groups excluding tert-OH is 2. The van der Waals surface area contributed by atoms with Gasteiger partial charge in [0, 0.05) is 11.1 Å². The molecule has 0 aromatic heterocycles. The van der Waals surface area contributed by atoms with Crippen molar-refractivity contribution in [3.8, 4) is 23.7 Å². The number of hydrogen-bond donors (Lipinski definition) is 2. The van der Waals surface area contributed by atoms with Crippen LogP contribution in [0.25, 0.3) is 0 Å². The van der Waals surface area contributed by atoms with Crippen molar-refractivity contribution in [2.75, 3.05) is 13.2 Å². The number of aliphatic hydroxyl groups is 2. The molecule has 0 unspecified atom stereocenters. The van der Waals surface area contributed by atoms with Crippen LogP contribution in [0.1, 0.15) is 11.1 Å². The van der Waals surface area contributed by atoms with Crippen molar-refractivity contribution < 1.29 is 10.2 Å². The highest BCUT2D eigenvalue weighted by Crippen LogP contribution is 2.01. The van der Waals surface area contributed by atoms with E-state index in [1.54, 1.807) is 24.3 Å². The van der Waals surface area contributed by atoms with Gasteiger partial charge in [0.1, 0.15) is 0 Å². The molecule has 2 heteroatoms. The van der Waals surface area contributed by atoms with Crippen LogP contribution in [-0.2, 0) is 0 Å². The highest BCUT2D eigenvalue weighted by atomic mass is 16.3. The molecule has 2 nitrogen and oxygen atoms in total. The van der Waals surface area contributed by atoms with Crippen LogP contribution in [0.5, 0.6) is 0 Å². The second kappa shape index (κ2) is 8.84. The van der Waals surface area contributed by atoms with Crippen molar-refractivity contribution in [3.05, 3.63) is 59.7 Å². The fraction of sp³-hybridized carbons (Fsp3) is 0.125. The van der Waals surface area contributed by atoms with Gasteiger partial charge in [-0.2, -0.15) is 0 Å². The Balaban J connectivity index is 2.66. The van der Waals surface area contributed by atoms with Crippen LogP contribution in [0.2, 0.25) is 0 Å². The highest BCUT2D eigenvalue weighted by Gasteiger charge is 1.87. The summed E-state index contributed by atoms with van der Waals surface area (Å²) in [5.41, 5.74) is 1.79. The van der Waals surface area contributed by atoms with E-state index < -0.39 is 0 Å². The topological polar surface area (TPSA) is 40.5 Å². The van der Waals surface area contributed by atoms with Gasteiger partial charge >= 0.3 is 0 Å². The Morgan fingerprint density at radius 3 is 1.50 bits per heavy atom. The standard InChI is InChI=1S/C16H14O2/c17-13-5-1-3-7-15-9-11-16(12-10-15)8-4-2-6-14-18/h1-2,5-6,9-12,17-18H,13-14H2. The number of benzene rings is 1. The van der Waals surface area contributed by atoms with Gasteiger partial charge in [0.15, 0.2) is 0 Å². The first kappa shape index (κ1) is 13.8. The molecule has 0 radical (unpaired) electrons. The van der Waals surface area contributed by atoms with Gasteiger partial charge < -0.3 is 10.2 Å². The molecule has 0 bridgehead atoms. The van der Waals surface area contributed by atoms with E-state index in [0.717, 1.165) is 11.1 Å². The van der Waals surface area contributed by atoms with Crippen LogP contribution >= 0.6 is 0 Å². The summed E-state index contributed by atoms with van der Waals surface area (Å²) in [5.74, 6) is 11.5. The molecule has 0 spiro atoms. The Labute approximate surface area is 107 Å². The van der Waals surface area contributed by atoms with Crippen molar-refractivity contribution in [1.82, 2.24) is 0 Å². The van der Waals surface area contributed by atoms with Crippen molar-refractivity contribution in [1.29, 1.82) is 0 Å². The molecule has 0 aliphatic heterocycles. The molecule has 1 aromatic carbocycles. The Bertz CT molecular complexity index is 477. The molecule has 0 heterocycles. The fourth-order valence-corrected chi connectivity index (χ4v) is 1.11. The first-order valence-corrected chi connectivity index (χ1v) is 5.51. The lowest BCUT2D eigenvalue weighted by Crippen LogP contribution is -1.76. The Morgan fingerprint density at radius 1 is 0.778 bits per heavy atom. The molecule has 0 atom stereocenters. The molecule has 0 aliphatic rings. The summed E-state index contributed by atoms with van der Waals surface area (Å²) in [4.78, 5) is 0. The lowest BCUT2D eigenvalue weighted by atomic mass is 10.1. The quantitative estimate of drug-likeness (QED) is 0.766. The molecule has 0 fully saturated rings. The summed E-state index contributed by atoms with van der Waals surface area (Å²) < 4.78 is 0. The zero-order valence-electron chi connectivity index (χ0n) is 9.93. The second-order valence-electron chi connectivity index (χ2n) is 3.29. The first-order valence-electron chi connectivity index (χ1n) is 5.51. The molecular formula is C16H14O2. The van der Waals surface area contributed by atoms with Crippen LogP contribution < -0.4 is 0 Å². The summed E-state index contributed by atoms with van der Waals surface area (Å²) in [6.07, 6.45) is 6.40. The van der Waals surface area contributed by atoms with E-state index in [-0.39, 0.29) is 13.2 Å². The number of rotatable bonds is 2. The zero-order valence-corrected chi connectivity index (χ0v) is 9.93. The minimum absolute atomic E-state index is 0.00453. The predicted molar refractivity (Wildman–Crippen MR) is 72.6 cm³/mol. The molecule has 0 amide bonds. The average molecular weight is 238 g/mol. The zero-order chi connectivity index (χ0) is 13.1. The lowest BCUT2D eigenvalue weighted by molar-refractivity contribution is 0.342. The summed E-state index contributed by atoms with van der Waals surface area (Å²) in [6.45, 7) is 0.00906. The maximum atomic E-state index is 8.53. The third-order valence-corrected chi connectivity index (χ3v) is 1.93. The summed E-state index contributed by atoms with van der Waals surface area (Å²) in [7, 11) is 0. The third kappa shape index (κ3) is 5.72. The maximum Gasteiger partial charge on any atom is 0.0621 e. The van der Waals surface area contributed by atoms with Gasteiger partial charge in [-0.1, -0.05) is 35.8 Å². The van der Waals surface area contributed by atoms with Gasteiger partial charge in [-0.3, -0.25) is 0 Å². The van der Waals surface area contributed by atoms with Crippen LogP contribution in [-0.4, -0.2) is 23.4 Å². The van der Waals surface area contributed by atoms with Crippen molar-refractivity contribution in [2.24, 2.45) is 0 Å². The molecule has 0 saturated carbocycles. The van der Waals surface area contributed by atoms with Crippen LogP contribution in [0.4, 0.5) is 0 Å². The largest absolute Gasteiger partial charge is 0.392 e. The predicted octanol–water partition coefficient (Wildman–Crippen LogP) is 1.49. The summed E-state index contributed by atoms with van der Waals surface area (Å²) >= 11 is 0. The normalized spacial score (nSPS) is 9.89. The van der Waals surface area contributed by atoms with E-state index in [9.17, 15) is 0 Å². The summed E-state index contributed by atoms with van der Waals surface area (Å²) in [6, 6.07) is 7.55. The third-order valence-electron chi connectivity index (χ3n) is 1.93. The Morgan fingerprint density at radius 2 is 1.17 bits per heavy atom. The molecule has 90 valence electrons. The minimum Gasteiger partial charge on any atom is -0.392 e. The van der Waals surface area contributed by atoms with Gasteiger partial charge in [-0.15, -0.1) is 0 Å². The second-order valence-corrected chi connectivity index (χ2v) is 3.29. The van der Waals surface area contributed by atoms with Crippen LogP contribution in [0.15, 0.2) is 48.6 Å². The lowest BCUT2D eigenvalue weighted by Gasteiger charge is -1.90. The molecule has 0 aliphatic carbocycles. The number of hydrogen-bond acceptors (Lipinski definition) is 2. The molecule has 0 saturated heterocycles. The highest BCUT2D eigenvalue weighted by molar-refractivity contribution is 5.43. The van der Waals surface area contributed by atoms with E-state index in [1.807, 2.05) is 24.3 Å². The fourth-order valence-electron chi connectivity index (χ4n) is 1.11. The van der Waals surface area contributed by atoms with E-state index >= 15 is 0 Å². The van der Waals surface area contributed by atoms with Crippen LogP contribution in [0, 0.1) is 23.7 Å².